The lowest BCUT2D eigenvalue weighted by molar-refractivity contribution is -0.0304. The number of rotatable bonds is 4. The average molecular weight is 335 g/mol. The van der Waals surface area contributed by atoms with E-state index < -0.39 is 0 Å². The number of amides is 1. The number of morpholine rings is 1. The van der Waals surface area contributed by atoms with Gasteiger partial charge in [0.15, 0.2) is 0 Å². The minimum absolute atomic E-state index is 0.0531. The van der Waals surface area contributed by atoms with Crippen LogP contribution in [0.2, 0.25) is 0 Å². The van der Waals surface area contributed by atoms with Crippen LogP contribution < -0.4 is 5.73 Å². The van der Waals surface area contributed by atoms with Crippen molar-refractivity contribution in [2.75, 3.05) is 19.7 Å². The maximum atomic E-state index is 12.5. The lowest BCUT2D eigenvalue weighted by Gasteiger charge is -2.32. The SMILES string of the molecule is Cc1cc(C)n(CC2CN(C(=O)c3csc(CN)n3)CCO2)n1. The van der Waals surface area contributed by atoms with E-state index in [4.69, 9.17) is 10.5 Å². The Morgan fingerprint density at radius 1 is 1.52 bits per heavy atom. The highest BCUT2D eigenvalue weighted by Gasteiger charge is 2.27. The maximum Gasteiger partial charge on any atom is 0.273 e. The molecule has 3 heterocycles. The number of hydrogen-bond donors (Lipinski definition) is 1. The summed E-state index contributed by atoms with van der Waals surface area (Å²) in [6, 6.07) is 2.04. The van der Waals surface area contributed by atoms with Crippen molar-refractivity contribution < 1.29 is 9.53 Å². The number of carbonyl (C=O) groups is 1. The Bertz CT molecular complexity index is 696. The van der Waals surface area contributed by atoms with Gasteiger partial charge >= 0.3 is 0 Å². The molecule has 2 N–H and O–H groups in total. The highest BCUT2D eigenvalue weighted by Crippen LogP contribution is 2.15. The van der Waals surface area contributed by atoms with Crippen LogP contribution >= 0.6 is 11.3 Å². The van der Waals surface area contributed by atoms with Gasteiger partial charge in [-0.25, -0.2) is 4.98 Å². The molecule has 3 rings (SSSR count). The third-order valence-electron chi connectivity index (χ3n) is 3.85. The standard InChI is InChI=1S/C15H21N5O2S/c1-10-5-11(2)20(18-10)8-12-7-19(3-4-22-12)15(21)13-9-23-14(6-16)17-13/h5,9,12H,3-4,6-8,16H2,1-2H3. The predicted molar refractivity (Wildman–Crippen MR) is 87.3 cm³/mol. The Balaban J connectivity index is 1.65. The van der Waals surface area contributed by atoms with Crippen molar-refractivity contribution in [3.05, 3.63) is 33.5 Å². The molecule has 1 aliphatic heterocycles. The molecule has 0 aliphatic carbocycles. The third-order valence-corrected chi connectivity index (χ3v) is 4.72. The number of aryl methyl sites for hydroxylation is 2. The Morgan fingerprint density at radius 2 is 2.35 bits per heavy atom. The van der Waals surface area contributed by atoms with Gasteiger partial charge in [-0.15, -0.1) is 11.3 Å². The normalized spacial score (nSPS) is 18.4. The van der Waals surface area contributed by atoms with Crippen molar-refractivity contribution >= 4 is 17.2 Å². The van der Waals surface area contributed by atoms with E-state index in [2.05, 4.69) is 10.1 Å². The van der Waals surface area contributed by atoms with E-state index in [1.165, 1.54) is 11.3 Å². The number of ether oxygens (including phenoxy) is 1. The zero-order valence-corrected chi connectivity index (χ0v) is 14.2. The molecule has 7 nitrogen and oxygen atoms in total. The molecule has 2 aromatic heterocycles. The molecule has 8 heteroatoms. The van der Waals surface area contributed by atoms with E-state index >= 15 is 0 Å². The largest absolute Gasteiger partial charge is 0.373 e. The summed E-state index contributed by atoms with van der Waals surface area (Å²) in [6.07, 6.45) is -0.0571. The molecule has 2 aromatic rings. The lowest BCUT2D eigenvalue weighted by Crippen LogP contribution is -2.47. The van der Waals surface area contributed by atoms with Crippen molar-refractivity contribution in [1.82, 2.24) is 19.7 Å². The minimum Gasteiger partial charge on any atom is -0.373 e. The quantitative estimate of drug-likeness (QED) is 0.899. The monoisotopic (exact) mass is 335 g/mol. The van der Waals surface area contributed by atoms with Gasteiger partial charge in [0.05, 0.1) is 24.9 Å². The molecular formula is C15H21N5O2S. The summed E-state index contributed by atoms with van der Waals surface area (Å²) in [4.78, 5) is 18.6. The summed E-state index contributed by atoms with van der Waals surface area (Å²) in [6.45, 7) is 6.67. The van der Waals surface area contributed by atoms with E-state index in [-0.39, 0.29) is 12.0 Å². The van der Waals surface area contributed by atoms with Gasteiger partial charge in [-0.1, -0.05) is 0 Å². The van der Waals surface area contributed by atoms with E-state index in [0.29, 0.717) is 38.5 Å². The first kappa shape index (κ1) is 16.1. The van der Waals surface area contributed by atoms with Crippen LogP contribution in [0.5, 0.6) is 0 Å². The zero-order chi connectivity index (χ0) is 16.4. The summed E-state index contributed by atoms with van der Waals surface area (Å²) in [7, 11) is 0. The smallest absolute Gasteiger partial charge is 0.273 e. The molecule has 0 aromatic carbocycles. The Morgan fingerprint density at radius 3 is 3.00 bits per heavy atom. The van der Waals surface area contributed by atoms with Crippen molar-refractivity contribution in [3.8, 4) is 0 Å². The molecule has 0 spiro atoms. The van der Waals surface area contributed by atoms with Crippen LogP contribution in [-0.2, 0) is 17.8 Å². The van der Waals surface area contributed by atoms with Gasteiger partial charge in [-0.2, -0.15) is 5.10 Å². The van der Waals surface area contributed by atoms with Crippen molar-refractivity contribution in [3.63, 3.8) is 0 Å². The minimum atomic E-state index is -0.0571. The van der Waals surface area contributed by atoms with Gasteiger partial charge < -0.3 is 15.4 Å². The fourth-order valence-corrected chi connectivity index (χ4v) is 3.38. The summed E-state index contributed by atoms with van der Waals surface area (Å²) >= 11 is 1.42. The van der Waals surface area contributed by atoms with Gasteiger partial charge in [0.25, 0.3) is 5.91 Å². The molecule has 1 fully saturated rings. The summed E-state index contributed by atoms with van der Waals surface area (Å²) in [5.74, 6) is -0.0531. The third kappa shape index (κ3) is 3.60. The second-order valence-electron chi connectivity index (χ2n) is 5.68. The van der Waals surface area contributed by atoms with Crippen LogP contribution in [-0.4, -0.2) is 51.4 Å². The van der Waals surface area contributed by atoms with Crippen molar-refractivity contribution in [2.45, 2.75) is 33.0 Å². The molecule has 1 amide bonds. The first-order valence-electron chi connectivity index (χ1n) is 7.63. The second-order valence-corrected chi connectivity index (χ2v) is 6.63. The number of aromatic nitrogens is 3. The first-order chi connectivity index (χ1) is 11.1. The highest BCUT2D eigenvalue weighted by molar-refractivity contribution is 7.09. The molecule has 0 radical (unpaired) electrons. The van der Waals surface area contributed by atoms with Crippen LogP contribution in [0, 0.1) is 13.8 Å². The molecule has 1 aliphatic rings. The Hall–Kier alpha value is -1.77. The second kappa shape index (κ2) is 6.77. The van der Waals surface area contributed by atoms with E-state index in [1.54, 1.807) is 10.3 Å². The Kier molecular flexibility index (Phi) is 4.74. The number of nitrogens with two attached hydrogens (primary N) is 1. The van der Waals surface area contributed by atoms with Crippen molar-refractivity contribution in [1.29, 1.82) is 0 Å². The average Bonchev–Trinajstić information content (AvgIpc) is 3.14. The highest BCUT2D eigenvalue weighted by atomic mass is 32.1. The van der Waals surface area contributed by atoms with E-state index in [1.807, 2.05) is 24.6 Å². The molecule has 1 saturated heterocycles. The predicted octanol–water partition coefficient (Wildman–Crippen LogP) is 0.956. The molecule has 0 saturated carbocycles. The van der Waals surface area contributed by atoms with Crippen LogP contribution in [0.3, 0.4) is 0 Å². The van der Waals surface area contributed by atoms with Crippen molar-refractivity contribution in [2.24, 2.45) is 5.73 Å². The van der Waals surface area contributed by atoms with E-state index in [0.717, 1.165) is 16.4 Å². The van der Waals surface area contributed by atoms with Gasteiger partial charge in [0, 0.05) is 30.7 Å². The summed E-state index contributed by atoms with van der Waals surface area (Å²) in [5.41, 5.74) is 8.12. The van der Waals surface area contributed by atoms with Gasteiger partial charge in [0.2, 0.25) is 0 Å². The molecule has 1 atom stereocenters. The van der Waals surface area contributed by atoms with Gasteiger partial charge in [-0.3, -0.25) is 9.48 Å². The fourth-order valence-electron chi connectivity index (χ4n) is 2.73. The van der Waals surface area contributed by atoms with Gasteiger partial charge in [0.1, 0.15) is 10.7 Å². The van der Waals surface area contributed by atoms with Crippen LogP contribution in [0.4, 0.5) is 0 Å². The number of nitrogens with zero attached hydrogens (tertiary/aromatic N) is 4. The summed E-state index contributed by atoms with van der Waals surface area (Å²) in [5, 5.41) is 7.01. The number of carbonyl (C=O) groups excluding carboxylic acids is 1. The number of hydrogen-bond acceptors (Lipinski definition) is 6. The summed E-state index contributed by atoms with van der Waals surface area (Å²) < 4.78 is 7.73. The molecule has 23 heavy (non-hydrogen) atoms. The maximum absolute atomic E-state index is 12.5. The number of thiazole rings is 1. The fraction of sp³-hybridized carbons (Fsp3) is 0.533. The van der Waals surface area contributed by atoms with Crippen LogP contribution in [0.15, 0.2) is 11.4 Å². The first-order valence-corrected chi connectivity index (χ1v) is 8.51. The molecule has 124 valence electrons. The van der Waals surface area contributed by atoms with Crippen LogP contribution in [0.25, 0.3) is 0 Å². The van der Waals surface area contributed by atoms with E-state index in [9.17, 15) is 4.79 Å². The molecule has 0 bridgehead atoms. The zero-order valence-electron chi connectivity index (χ0n) is 13.4. The van der Waals surface area contributed by atoms with Crippen LogP contribution in [0.1, 0.15) is 26.9 Å². The lowest BCUT2D eigenvalue weighted by atomic mass is 10.2. The molecule has 1 unspecified atom stereocenters. The Labute approximate surface area is 139 Å². The van der Waals surface area contributed by atoms with Gasteiger partial charge in [-0.05, 0) is 19.9 Å². The topological polar surface area (TPSA) is 86.3 Å². The molecular weight excluding hydrogens is 314 g/mol.